The number of hydrogen-bond donors (Lipinski definition) is 4. The third kappa shape index (κ3) is 61.9. The van der Waals surface area contributed by atoms with Gasteiger partial charge in [0.25, 0.3) is 12.9 Å². The van der Waals surface area contributed by atoms with E-state index < -0.39 is 0 Å². The van der Waals surface area contributed by atoms with Crippen molar-refractivity contribution in [3.05, 3.63) is 0 Å². The summed E-state index contributed by atoms with van der Waals surface area (Å²) in [5.41, 5.74) is 0. The van der Waals surface area contributed by atoms with Gasteiger partial charge < -0.3 is 25.1 Å². The van der Waals surface area contributed by atoms with E-state index in [2.05, 4.69) is 31.6 Å². The molecule has 8 nitrogen and oxygen atoms in total. The van der Waals surface area contributed by atoms with Crippen molar-refractivity contribution in [3.8, 4) is 0 Å². The maximum absolute atomic E-state index is 11.5. The van der Waals surface area contributed by atoms with Gasteiger partial charge in [-0.25, -0.2) is 5.90 Å². The summed E-state index contributed by atoms with van der Waals surface area (Å²) in [5, 5.41) is 20.3. The quantitative estimate of drug-likeness (QED) is 0.0273. The molecule has 0 rings (SSSR count). The van der Waals surface area contributed by atoms with E-state index in [1.807, 2.05) is 0 Å². The summed E-state index contributed by atoms with van der Waals surface area (Å²) in [6, 6.07) is 0. The number of ketones is 1. The minimum atomic E-state index is -0.250. The summed E-state index contributed by atoms with van der Waals surface area (Å²) in [6.45, 7) is 11.8. The van der Waals surface area contributed by atoms with E-state index in [1.165, 1.54) is 231 Å². The monoisotopic (exact) mass is 787 g/mol. The number of Topliss-reactive ketones (excluding diaryl/α,β-unsaturated/α-hetero) is 1. The Bertz CT molecular complexity index is 674. The van der Waals surface area contributed by atoms with Gasteiger partial charge in [-0.2, -0.15) is 0 Å². The third-order valence-corrected chi connectivity index (χ3v) is 10.8. The summed E-state index contributed by atoms with van der Waals surface area (Å²) >= 11 is 0. The average molecular weight is 787 g/mol. The molecule has 0 radical (unpaired) electrons. The van der Waals surface area contributed by atoms with Gasteiger partial charge in [0.1, 0.15) is 5.78 Å². The molecule has 0 aromatic rings. The van der Waals surface area contributed by atoms with Crippen molar-refractivity contribution in [1.29, 1.82) is 0 Å². The molecule has 0 bridgehead atoms. The molecule has 8 heteroatoms. The first-order chi connectivity index (χ1) is 27.0. The Morgan fingerprint density at radius 3 is 0.909 bits per heavy atom. The van der Waals surface area contributed by atoms with Crippen LogP contribution in [0.4, 0.5) is 0 Å². The second kappa shape index (κ2) is 59.2. The van der Waals surface area contributed by atoms with Crippen LogP contribution in [0.25, 0.3) is 0 Å². The predicted molar refractivity (Wildman–Crippen MR) is 237 cm³/mol. The summed E-state index contributed by atoms with van der Waals surface area (Å²) in [4.78, 5) is 31.0. The van der Waals surface area contributed by atoms with E-state index in [1.54, 1.807) is 6.92 Å². The smallest absolute Gasteiger partial charge is 0.290 e. The van der Waals surface area contributed by atoms with Crippen LogP contribution >= 0.6 is 0 Å². The maximum atomic E-state index is 11.5. The summed E-state index contributed by atoms with van der Waals surface area (Å²) in [6.07, 6.45) is 50.6. The van der Waals surface area contributed by atoms with Crippen molar-refractivity contribution >= 4 is 18.7 Å². The lowest BCUT2D eigenvalue weighted by molar-refractivity contribution is -0.123. The standard InChI is InChI=1S/C45H91NO.2CH2O2.H3NO/c1-5-8-11-14-17-18-19-20-21-22-23-24-29-34-41-46(43-36-37-44(4)47)42-35-30-25-28-33-40-45(38-31-26-15-12-9-6-2)39-32-27-16-13-10-7-3;2*2-1-3;1-2/h45H,5-43H2,1-4H3;2*1H,(H,2,3);2H,1H2. The fourth-order valence-corrected chi connectivity index (χ4v) is 7.58. The molecule has 0 aromatic heterocycles. The molecule has 0 spiro atoms. The second-order valence-electron chi connectivity index (χ2n) is 16.0. The van der Waals surface area contributed by atoms with E-state index in [4.69, 9.17) is 25.0 Å². The zero-order valence-corrected chi connectivity index (χ0v) is 37.4. The molecule has 5 N–H and O–H groups in total. The lowest BCUT2D eigenvalue weighted by Crippen LogP contribution is -2.27. The van der Waals surface area contributed by atoms with E-state index >= 15 is 0 Å². The number of nitrogens with two attached hydrogens (primary N) is 1. The van der Waals surface area contributed by atoms with Gasteiger partial charge in [-0.3, -0.25) is 9.59 Å². The summed E-state index contributed by atoms with van der Waals surface area (Å²) < 4.78 is 0. The van der Waals surface area contributed by atoms with Crippen molar-refractivity contribution in [1.82, 2.24) is 4.90 Å². The number of rotatable bonds is 41. The summed E-state index contributed by atoms with van der Waals surface area (Å²) in [7, 11) is 0. The van der Waals surface area contributed by atoms with Crippen molar-refractivity contribution in [2.24, 2.45) is 11.8 Å². The second-order valence-corrected chi connectivity index (χ2v) is 16.0. The summed E-state index contributed by atoms with van der Waals surface area (Å²) in [5.74, 6) is 4.85. The Morgan fingerprint density at radius 1 is 0.436 bits per heavy atom. The fourth-order valence-electron chi connectivity index (χ4n) is 7.58. The van der Waals surface area contributed by atoms with Crippen LogP contribution in [-0.2, 0) is 14.4 Å². The van der Waals surface area contributed by atoms with Gasteiger partial charge in [0, 0.05) is 6.42 Å². The van der Waals surface area contributed by atoms with E-state index in [9.17, 15) is 4.79 Å². The minimum absolute atomic E-state index is 0.250. The van der Waals surface area contributed by atoms with E-state index in [-0.39, 0.29) is 12.9 Å². The van der Waals surface area contributed by atoms with Crippen molar-refractivity contribution in [3.63, 3.8) is 0 Å². The van der Waals surface area contributed by atoms with Crippen LogP contribution in [0, 0.1) is 5.92 Å². The molecule has 0 unspecified atom stereocenters. The molecule has 0 fully saturated rings. The zero-order valence-electron chi connectivity index (χ0n) is 37.4. The van der Waals surface area contributed by atoms with Crippen molar-refractivity contribution < 1.29 is 29.8 Å². The van der Waals surface area contributed by atoms with Crippen LogP contribution in [0.5, 0.6) is 0 Å². The minimum Gasteiger partial charge on any atom is -0.483 e. The Hall–Kier alpha value is -1.51. The highest BCUT2D eigenvalue weighted by atomic mass is 16.4. The van der Waals surface area contributed by atoms with Crippen molar-refractivity contribution in [2.45, 2.75) is 259 Å². The molecule has 0 aliphatic heterocycles. The average Bonchev–Trinajstić information content (AvgIpc) is 3.17. The highest BCUT2D eigenvalue weighted by Gasteiger charge is 2.10. The molecular weight excluding hydrogens is 689 g/mol. The number of carbonyl (C=O) groups excluding carboxylic acids is 1. The normalized spacial score (nSPS) is 10.6. The SMILES string of the molecule is CCCCCCCCCCCCCCCCN(CCCCCCCC(CCCCCCCC)CCCCCCCC)CCCC(C)=O.NO.O=CO.O=CO. The van der Waals surface area contributed by atoms with Crippen LogP contribution in [0.3, 0.4) is 0 Å². The third-order valence-electron chi connectivity index (χ3n) is 10.8. The molecule has 0 aliphatic rings. The van der Waals surface area contributed by atoms with Crippen LogP contribution in [-0.4, -0.2) is 58.7 Å². The molecule has 0 aromatic carbocycles. The number of carbonyl (C=O) groups is 3. The topological polar surface area (TPSA) is 141 Å². The predicted octanol–water partition coefficient (Wildman–Crippen LogP) is 14.3. The number of carboxylic acid groups (broad SMARTS) is 2. The lowest BCUT2D eigenvalue weighted by atomic mass is 9.89. The number of nitrogens with zero attached hydrogens (tertiary/aromatic N) is 1. The molecule has 0 saturated carbocycles. The van der Waals surface area contributed by atoms with Gasteiger partial charge >= 0.3 is 0 Å². The molecule has 55 heavy (non-hydrogen) atoms. The molecule has 0 heterocycles. The van der Waals surface area contributed by atoms with Gasteiger partial charge in [0.05, 0.1) is 0 Å². The van der Waals surface area contributed by atoms with Gasteiger partial charge in [-0.15, -0.1) is 0 Å². The lowest BCUT2D eigenvalue weighted by Gasteiger charge is -2.22. The van der Waals surface area contributed by atoms with Gasteiger partial charge in [-0.1, -0.05) is 226 Å². The van der Waals surface area contributed by atoms with Gasteiger partial charge in [0.2, 0.25) is 0 Å². The van der Waals surface area contributed by atoms with Gasteiger partial charge in [-0.05, 0) is 51.7 Å². The Morgan fingerprint density at radius 2 is 0.655 bits per heavy atom. The van der Waals surface area contributed by atoms with Crippen LogP contribution < -0.4 is 5.90 Å². The highest BCUT2D eigenvalue weighted by molar-refractivity contribution is 5.75. The van der Waals surface area contributed by atoms with Crippen LogP contribution in [0.15, 0.2) is 0 Å². The molecule has 0 aliphatic carbocycles. The Kier molecular flexibility index (Phi) is 64.8. The van der Waals surface area contributed by atoms with E-state index in [0.29, 0.717) is 5.78 Å². The Labute approximate surface area is 342 Å². The first kappa shape index (κ1) is 60.2. The van der Waals surface area contributed by atoms with Crippen molar-refractivity contribution in [2.75, 3.05) is 19.6 Å². The molecular formula is C47H98N2O6. The zero-order chi connectivity index (χ0) is 41.7. The largest absolute Gasteiger partial charge is 0.483 e. The molecule has 0 atom stereocenters. The van der Waals surface area contributed by atoms with Gasteiger partial charge in [0.15, 0.2) is 0 Å². The first-order valence-electron chi connectivity index (χ1n) is 23.6. The molecule has 332 valence electrons. The molecule has 0 saturated heterocycles. The molecule has 0 amide bonds. The maximum Gasteiger partial charge on any atom is 0.290 e. The highest BCUT2D eigenvalue weighted by Crippen LogP contribution is 2.25. The Balaban J connectivity index is -0.00000149. The van der Waals surface area contributed by atoms with E-state index in [0.717, 1.165) is 25.3 Å². The first-order valence-corrected chi connectivity index (χ1v) is 23.6. The van der Waals surface area contributed by atoms with Crippen LogP contribution in [0.1, 0.15) is 259 Å². The number of unbranched alkanes of at least 4 members (excludes halogenated alkanes) is 27. The fraction of sp³-hybridized carbons (Fsp3) is 0.936. The number of hydrogen-bond acceptors (Lipinski definition) is 6. The van der Waals surface area contributed by atoms with Crippen LogP contribution in [0.2, 0.25) is 0 Å².